The lowest BCUT2D eigenvalue weighted by Crippen LogP contribution is -2.10. The van der Waals surface area contributed by atoms with Gasteiger partial charge in [0.15, 0.2) is 0 Å². The summed E-state index contributed by atoms with van der Waals surface area (Å²) in [7, 11) is 0. The van der Waals surface area contributed by atoms with Gasteiger partial charge in [-0.15, -0.1) is 0 Å². The summed E-state index contributed by atoms with van der Waals surface area (Å²) in [6.45, 7) is -0.189. The summed E-state index contributed by atoms with van der Waals surface area (Å²) >= 11 is 0. The molecule has 4 heteroatoms. The zero-order chi connectivity index (χ0) is 9.68. The normalized spacial score (nSPS) is 9.62. The molecular weight excluding hydrogens is 170 g/mol. The van der Waals surface area contributed by atoms with Crippen LogP contribution in [0.25, 0.3) is 0 Å². The second-order valence-corrected chi connectivity index (χ2v) is 2.45. The molecule has 0 spiro atoms. The van der Waals surface area contributed by atoms with Gasteiger partial charge in [-0.05, 0) is 12.1 Å². The van der Waals surface area contributed by atoms with Crippen LogP contribution in [-0.4, -0.2) is 24.3 Å². The van der Waals surface area contributed by atoms with Crippen molar-refractivity contribution in [3.05, 3.63) is 29.8 Å². The van der Waals surface area contributed by atoms with Crippen molar-refractivity contribution < 1.29 is 14.6 Å². The minimum absolute atomic E-state index is 0.00678. The van der Waals surface area contributed by atoms with E-state index >= 15 is 0 Å². The average molecular weight is 181 g/mol. The van der Waals surface area contributed by atoms with Gasteiger partial charge in [0.25, 0.3) is 0 Å². The molecular formula is C9H11NO3. The summed E-state index contributed by atoms with van der Waals surface area (Å²) in [6, 6.07) is 6.63. The number of carbonyl (C=O) groups is 1. The van der Waals surface area contributed by atoms with Crippen LogP contribution in [0.1, 0.15) is 10.4 Å². The number of aliphatic hydroxyl groups is 1. The molecule has 0 saturated heterocycles. The van der Waals surface area contributed by atoms with E-state index < -0.39 is 5.97 Å². The molecule has 0 fully saturated rings. The molecule has 0 aromatic heterocycles. The van der Waals surface area contributed by atoms with Crippen molar-refractivity contribution in [2.75, 3.05) is 18.9 Å². The van der Waals surface area contributed by atoms with Gasteiger partial charge in [0.05, 0.1) is 12.2 Å². The smallest absolute Gasteiger partial charge is 0.340 e. The highest BCUT2D eigenvalue weighted by atomic mass is 16.5. The van der Waals surface area contributed by atoms with E-state index in [1.165, 1.54) is 0 Å². The Morgan fingerprint density at radius 2 is 2.15 bits per heavy atom. The summed E-state index contributed by atoms with van der Waals surface area (Å²) in [5, 5.41) is 8.42. The second kappa shape index (κ2) is 4.47. The highest BCUT2D eigenvalue weighted by Gasteiger charge is 2.08. The number of esters is 1. The number of nitrogen functional groups attached to an aromatic ring is 1. The highest BCUT2D eigenvalue weighted by Crippen LogP contribution is 2.11. The molecule has 1 aromatic rings. The number of ether oxygens (including phenoxy) is 1. The zero-order valence-electron chi connectivity index (χ0n) is 7.06. The minimum atomic E-state index is -0.507. The number of hydrogen-bond donors (Lipinski definition) is 2. The van der Waals surface area contributed by atoms with Crippen LogP contribution in [0.3, 0.4) is 0 Å². The molecule has 1 rings (SSSR count). The van der Waals surface area contributed by atoms with Crippen LogP contribution < -0.4 is 5.73 Å². The van der Waals surface area contributed by atoms with Crippen LogP contribution in [-0.2, 0) is 4.74 Å². The third-order valence-corrected chi connectivity index (χ3v) is 1.51. The molecule has 3 N–H and O–H groups in total. The van der Waals surface area contributed by atoms with Gasteiger partial charge >= 0.3 is 5.97 Å². The fraction of sp³-hybridized carbons (Fsp3) is 0.222. The lowest BCUT2D eigenvalue weighted by atomic mass is 10.2. The van der Waals surface area contributed by atoms with Crippen LogP contribution in [0.15, 0.2) is 24.3 Å². The first-order valence-corrected chi connectivity index (χ1v) is 3.88. The van der Waals surface area contributed by atoms with Crippen molar-refractivity contribution >= 4 is 11.7 Å². The molecule has 13 heavy (non-hydrogen) atoms. The largest absolute Gasteiger partial charge is 0.460 e. The van der Waals surface area contributed by atoms with Crippen LogP contribution in [0.4, 0.5) is 5.69 Å². The lowest BCUT2D eigenvalue weighted by Gasteiger charge is -2.04. The van der Waals surface area contributed by atoms with Crippen molar-refractivity contribution in [3.63, 3.8) is 0 Å². The van der Waals surface area contributed by atoms with E-state index in [2.05, 4.69) is 4.74 Å². The Balaban J connectivity index is 2.71. The first kappa shape index (κ1) is 9.54. The molecule has 4 nitrogen and oxygen atoms in total. The highest BCUT2D eigenvalue weighted by molar-refractivity contribution is 5.94. The molecule has 0 aliphatic heterocycles. The predicted molar refractivity (Wildman–Crippen MR) is 48.2 cm³/mol. The van der Waals surface area contributed by atoms with E-state index in [-0.39, 0.29) is 13.2 Å². The number of nitrogens with two attached hydrogens (primary N) is 1. The van der Waals surface area contributed by atoms with Crippen molar-refractivity contribution in [2.45, 2.75) is 0 Å². The van der Waals surface area contributed by atoms with E-state index in [1.54, 1.807) is 24.3 Å². The predicted octanol–water partition coefficient (Wildman–Crippen LogP) is 0.418. The van der Waals surface area contributed by atoms with E-state index in [1.807, 2.05) is 0 Å². The van der Waals surface area contributed by atoms with Crippen LogP contribution in [0.2, 0.25) is 0 Å². The minimum Gasteiger partial charge on any atom is -0.460 e. The maximum atomic E-state index is 11.2. The van der Waals surface area contributed by atoms with Gasteiger partial charge in [-0.3, -0.25) is 0 Å². The van der Waals surface area contributed by atoms with Crippen molar-refractivity contribution in [3.8, 4) is 0 Å². The average Bonchev–Trinajstić information content (AvgIpc) is 2.15. The summed E-state index contributed by atoms with van der Waals surface area (Å²) in [6.07, 6.45) is 0. The molecule has 0 atom stereocenters. The topological polar surface area (TPSA) is 72.6 Å². The molecule has 70 valence electrons. The standard InChI is InChI=1S/C9H11NO3/c10-8-4-2-1-3-7(8)9(12)13-6-5-11/h1-4,11H,5-6,10H2. The van der Waals surface area contributed by atoms with Gasteiger partial charge in [0.2, 0.25) is 0 Å². The first-order chi connectivity index (χ1) is 6.25. The molecule has 0 bridgehead atoms. The Hall–Kier alpha value is -1.55. The molecule has 0 heterocycles. The van der Waals surface area contributed by atoms with E-state index in [4.69, 9.17) is 10.8 Å². The molecule has 0 aliphatic carbocycles. The number of carbonyl (C=O) groups excluding carboxylic acids is 1. The summed E-state index contributed by atoms with van der Waals surface area (Å²) in [5.74, 6) is -0.507. The Kier molecular flexibility index (Phi) is 3.28. The monoisotopic (exact) mass is 181 g/mol. The SMILES string of the molecule is Nc1ccccc1C(=O)OCCO. The molecule has 0 aliphatic rings. The van der Waals surface area contributed by atoms with Crippen LogP contribution >= 0.6 is 0 Å². The van der Waals surface area contributed by atoms with Crippen LogP contribution in [0.5, 0.6) is 0 Å². The van der Waals surface area contributed by atoms with Crippen molar-refractivity contribution in [2.24, 2.45) is 0 Å². The Bertz CT molecular complexity index is 299. The second-order valence-electron chi connectivity index (χ2n) is 2.45. The van der Waals surface area contributed by atoms with Gasteiger partial charge < -0.3 is 15.6 Å². The molecule has 0 radical (unpaired) electrons. The number of aliphatic hydroxyl groups excluding tert-OH is 1. The molecule has 0 amide bonds. The molecule has 1 aromatic carbocycles. The fourth-order valence-corrected chi connectivity index (χ4v) is 0.899. The molecule has 0 unspecified atom stereocenters. The number of hydrogen-bond acceptors (Lipinski definition) is 4. The van der Waals surface area contributed by atoms with Gasteiger partial charge in [-0.2, -0.15) is 0 Å². The maximum absolute atomic E-state index is 11.2. The molecule has 0 saturated carbocycles. The number of benzene rings is 1. The fourth-order valence-electron chi connectivity index (χ4n) is 0.899. The van der Waals surface area contributed by atoms with Gasteiger partial charge in [-0.25, -0.2) is 4.79 Å². The summed E-state index contributed by atoms with van der Waals surface area (Å²) in [5.41, 5.74) is 6.24. The van der Waals surface area contributed by atoms with Gasteiger partial charge in [0.1, 0.15) is 6.61 Å². The Labute approximate surface area is 75.9 Å². The summed E-state index contributed by atoms with van der Waals surface area (Å²) in [4.78, 5) is 11.2. The quantitative estimate of drug-likeness (QED) is 0.523. The summed E-state index contributed by atoms with van der Waals surface area (Å²) < 4.78 is 4.69. The zero-order valence-corrected chi connectivity index (χ0v) is 7.06. The first-order valence-electron chi connectivity index (χ1n) is 3.88. The van der Waals surface area contributed by atoms with Crippen LogP contribution in [0, 0.1) is 0 Å². The van der Waals surface area contributed by atoms with E-state index in [9.17, 15) is 4.79 Å². The van der Waals surface area contributed by atoms with Gasteiger partial charge in [-0.1, -0.05) is 12.1 Å². The maximum Gasteiger partial charge on any atom is 0.340 e. The van der Waals surface area contributed by atoms with E-state index in [0.29, 0.717) is 11.3 Å². The third-order valence-electron chi connectivity index (χ3n) is 1.51. The third kappa shape index (κ3) is 2.45. The van der Waals surface area contributed by atoms with E-state index in [0.717, 1.165) is 0 Å². The number of rotatable bonds is 3. The lowest BCUT2D eigenvalue weighted by molar-refractivity contribution is 0.0435. The number of anilines is 1. The Morgan fingerprint density at radius 1 is 1.46 bits per heavy atom. The van der Waals surface area contributed by atoms with Crippen molar-refractivity contribution in [1.82, 2.24) is 0 Å². The van der Waals surface area contributed by atoms with Gasteiger partial charge in [0, 0.05) is 5.69 Å². The number of para-hydroxylation sites is 1. The Morgan fingerprint density at radius 3 is 2.77 bits per heavy atom. The van der Waals surface area contributed by atoms with Crippen molar-refractivity contribution in [1.29, 1.82) is 0 Å².